The quantitative estimate of drug-likeness (QED) is 0.345. The van der Waals surface area contributed by atoms with Crippen LogP contribution in [0, 0.1) is 0 Å². The molecule has 0 amide bonds. The zero-order valence-electron chi connectivity index (χ0n) is 20.7. The summed E-state index contributed by atoms with van der Waals surface area (Å²) in [5.74, 6) is -0.995. The lowest BCUT2D eigenvalue weighted by molar-refractivity contribution is -0.150. The van der Waals surface area contributed by atoms with Crippen molar-refractivity contribution in [3.05, 3.63) is 85.1 Å². The van der Waals surface area contributed by atoms with E-state index in [2.05, 4.69) is 0 Å². The first-order valence-corrected chi connectivity index (χ1v) is 12.1. The third kappa shape index (κ3) is 4.53. The van der Waals surface area contributed by atoms with E-state index in [1.807, 2.05) is 0 Å². The summed E-state index contributed by atoms with van der Waals surface area (Å²) in [5, 5.41) is 0. The Morgan fingerprint density at radius 2 is 1.82 bits per heavy atom. The van der Waals surface area contributed by atoms with E-state index < -0.39 is 46.8 Å². The predicted octanol–water partition coefficient (Wildman–Crippen LogP) is 3.28. The largest absolute Gasteiger partial charge is 0.462 e. The number of allylic oxidation sites excluding steroid dienone is 4. The number of aromatic nitrogens is 4. The molecule has 9 nitrogen and oxygen atoms in total. The van der Waals surface area contributed by atoms with E-state index in [-0.39, 0.29) is 23.6 Å². The van der Waals surface area contributed by atoms with Crippen LogP contribution in [0.1, 0.15) is 30.6 Å². The molecular weight excluding hydrogens is 529 g/mol. The molecule has 0 N–H and O–H groups in total. The first kappa shape index (κ1) is 27.2. The van der Waals surface area contributed by atoms with Crippen molar-refractivity contribution in [3.63, 3.8) is 0 Å². The van der Waals surface area contributed by atoms with Crippen molar-refractivity contribution >= 4 is 28.6 Å². The lowest BCUT2D eigenvalue weighted by Gasteiger charge is -2.29. The highest BCUT2D eigenvalue weighted by molar-refractivity contribution is 6.26. The molecule has 3 aromatic rings. The number of nitrogens with zero attached hydrogens (tertiary/aromatic N) is 4. The van der Waals surface area contributed by atoms with Gasteiger partial charge in [0.2, 0.25) is 0 Å². The molecule has 0 saturated carbocycles. The molecule has 1 unspecified atom stereocenters. The van der Waals surface area contributed by atoms with E-state index in [0.717, 1.165) is 22.9 Å². The van der Waals surface area contributed by atoms with Crippen LogP contribution in [0.5, 0.6) is 0 Å². The van der Waals surface area contributed by atoms with Crippen molar-refractivity contribution in [1.29, 1.82) is 0 Å². The third-order valence-electron chi connectivity index (χ3n) is 6.40. The molecule has 38 heavy (non-hydrogen) atoms. The summed E-state index contributed by atoms with van der Waals surface area (Å²) in [7, 11) is 1.60. The number of carbonyl (C=O) groups excluding carboxylic acids is 1. The molecule has 2 aromatic heterocycles. The topological polar surface area (TPSA) is 97.2 Å². The molecule has 0 bridgehead atoms. The van der Waals surface area contributed by atoms with Gasteiger partial charge in [0.15, 0.2) is 4.87 Å². The van der Waals surface area contributed by atoms with Crippen molar-refractivity contribution in [1.82, 2.24) is 18.3 Å². The lowest BCUT2D eigenvalue weighted by atomic mass is 9.92. The molecule has 202 valence electrons. The summed E-state index contributed by atoms with van der Waals surface area (Å²) in [4.78, 5) is 49.2. The second-order valence-corrected chi connectivity index (χ2v) is 9.46. The SMILES string of the molecule is CCOC(=O)c1cn(-c2ccc3c(c2)n(CC)c(=O)n3C)c(=O)n(CC2=CC=CC(Cl)(C(F)(F)F)C2)c1=O. The molecular formula is C25H24ClF3N4O5. The number of benzene rings is 1. The van der Waals surface area contributed by atoms with Gasteiger partial charge in [-0.05, 0) is 37.6 Å². The summed E-state index contributed by atoms with van der Waals surface area (Å²) < 4.78 is 50.2. The predicted molar refractivity (Wildman–Crippen MR) is 135 cm³/mol. The molecule has 0 spiro atoms. The Balaban J connectivity index is 1.90. The second kappa shape index (κ2) is 9.82. The number of fused-ring (bicyclic) bond motifs is 1. The Labute approximate surface area is 218 Å². The Morgan fingerprint density at radius 1 is 1.11 bits per heavy atom. The Bertz CT molecular complexity index is 1680. The number of hydrogen-bond donors (Lipinski definition) is 0. The van der Waals surface area contributed by atoms with Crippen LogP contribution in [0.15, 0.2) is 62.6 Å². The van der Waals surface area contributed by atoms with Crippen molar-refractivity contribution < 1.29 is 22.7 Å². The summed E-state index contributed by atoms with van der Waals surface area (Å²) in [6.07, 6.45) is -1.17. The van der Waals surface area contributed by atoms with Gasteiger partial charge in [0.1, 0.15) is 5.56 Å². The highest BCUT2D eigenvalue weighted by Crippen LogP contribution is 2.43. The van der Waals surface area contributed by atoms with E-state index >= 15 is 0 Å². The average molecular weight is 553 g/mol. The van der Waals surface area contributed by atoms with Crippen LogP contribution in [-0.2, 0) is 24.9 Å². The van der Waals surface area contributed by atoms with Crippen LogP contribution >= 0.6 is 11.6 Å². The molecule has 1 aliphatic carbocycles. The number of imidazole rings is 1. The standard InChI is InChI=1S/C25H24ClF3N4O5/c1-4-31-19-11-16(8-9-18(19)30(3)22(31)36)32-14-17(21(35)38-5-2)20(34)33(23(32)37)13-15-7-6-10-24(26,12-15)25(27,28)29/h6-11,14H,4-5,12-13H2,1-3H3. The zero-order valence-corrected chi connectivity index (χ0v) is 21.5. The van der Waals surface area contributed by atoms with E-state index in [0.29, 0.717) is 22.1 Å². The van der Waals surface area contributed by atoms with E-state index in [4.69, 9.17) is 16.3 Å². The maximum atomic E-state index is 13.5. The third-order valence-corrected chi connectivity index (χ3v) is 6.87. The molecule has 1 aromatic carbocycles. The van der Waals surface area contributed by atoms with Crippen LogP contribution in [0.25, 0.3) is 16.7 Å². The monoisotopic (exact) mass is 552 g/mol. The maximum absolute atomic E-state index is 13.5. The van der Waals surface area contributed by atoms with Crippen LogP contribution in [0.3, 0.4) is 0 Å². The van der Waals surface area contributed by atoms with E-state index in [1.165, 1.54) is 28.2 Å². The van der Waals surface area contributed by atoms with Gasteiger partial charge in [-0.3, -0.25) is 23.1 Å². The average Bonchev–Trinajstić information content (AvgIpc) is 3.10. The molecule has 0 saturated heterocycles. The van der Waals surface area contributed by atoms with Gasteiger partial charge in [0, 0.05) is 26.2 Å². The van der Waals surface area contributed by atoms with Gasteiger partial charge in [-0.2, -0.15) is 13.2 Å². The number of ether oxygens (including phenoxy) is 1. The van der Waals surface area contributed by atoms with Gasteiger partial charge < -0.3 is 4.74 Å². The van der Waals surface area contributed by atoms with Crippen LogP contribution in [0.4, 0.5) is 13.2 Å². The number of hydrogen-bond acceptors (Lipinski definition) is 5. The van der Waals surface area contributed by atoms with Gasteiger partial charge in [-0.1, -0.05) is 18.2 Å². The van der Waals surface area contributed by atoms with Gasteiger partial charge >= 0.3 is 23.5 Å². The molecule has 0 aliphatic heterocycles. The number of aryl methyl sites for hydroxylation is 2. The van der Waals surface area contributed by atoms with Crippen LogP contribution < -0.4 is 16.9 Å². The Hall–Kier alpha value is -3.80. The zero-order chi connectivity index (χ0) is 28.0. The van der Waals surface area contributed by atoms with Gasteiger partial charge in [0.25, 0.3) is 5.56 Å². The first-order chi connectivity index (χ1) is 17.8. The van der Waals surface area contributed by atoms with Crippen molar-refractivity contribution in [2.75, 3.05) is 6.61 Å². The highest BCUT2D eigenvalue weighted by Gasteiger charge is 2.52. The number of carbonyl (C=O) groups is 1. The van der Waals surface area contributed by atoms with Crippen molar-refractivity contribution in [2.45, 2.75) is 44.4 Å². The van der Waals surface area contributed by atoms with Crippen LogP contribution in [-0.4, -0.2) is 41.9 Å². The molecule has 0 radical (unpaired) electrons. The molecule has 2 heterocycles. The van der Waals surface area contributed by atoms with E-state index in [9.17, 15) is 32.3 Å². The minimum Gasteiger partial charge on any atom is -0.462 e. The Morgan fingerprint density at radius 3 is 2.45 bits per heavy atom. The fraction of sp³-hybridized carbons (Fsp3) is 0.360. The van der Waals surface area contributed by atoms with E-state index in [1.54, 1.807) is 26.1 Å². The lowest BCUT2D eigenvalue weighted by Crippen LogP contribution is -2.44. The normalized spacial score (nSPS) is 17.6. The molecule has 0 fully saturated rings. The van der Waals surface area contributed by atoms with Crippen molar-refractivity contribution in [2.24, 2.45) is 7.05 Å². The molecule has 1 aliphatic rings. The number of halogens is 4. The summed E-state index contributed by atoms with van der Waals surface area (Å²) in [5.41, 5.74) is -1.26. The summed E-state index contributed by atoms with van der Waals surface area (Å²) in [6, 6.07) is 4.70. The van der Waals surface area contributed by atoms with Crippen molar-refractivity contribution in [3.8, 4) is 5.69 Å². The fourth-order valence-corrected chi connectivity index (χ4v) is 4.67. The van der Waals surface area contributed by atoms with Crippen LogP contribution in [0.2, 0.25) is 0 Å². The van der Waals surface area contributed by atoms with Gasteiger partial charge in [0.05, 0.1) is 29.9 Å². The van der Waals surface area contributed by atoms with Gasteiger partial charge in [-0.25, -0.2) is 14.4 Å². The summed E-state index contributed by atoms with van der Waals surface area (Å²) in [6.45, 7) is 3.09. The first-order valence-electron chi connectivity index (χ1n) is 11.7. The smallest absolute Gasteiger partial charge is 0.411 e. The maximum Gasteiger partial charge on any atom is 0.411 e. The van der Waals surface area contributed by atoms with Gasteiger partial charge in [-0.15, -0.1) is 11.6 Å². The minimum absolute atomic E-state index is 0.0492. The fourth-order valence-electron chi connectivity index (χ4n) is 4.42. The minimum atomic E-state index is -4.78. The molecule has 1 atom stereocenters. The second-order valence-electron chi connectivity index (χ2n) is 8.79. The number of rotatable bonds is 6. The number of alkyl halides is 4. The number of esters is 1. The molecule has 13 heteroatoms. The molecule has 4 rings (SSSR count). The summed E-state index contributed by atoms with van der Waals surface area (Å²) >= 11 is 5.81. The highest BCUT2D eigenvalue weighted by atomic mass is 35.5. The Kier molecular flexibility index (Phi) is 7.04.